The normalized spacial score (nSPS) is 13.3. The first-order valence-electron chi connectivity index (χ1n) is 8.56. The number of nitrogens with zero attached hydrogens (tertiary/aromatic N) is 2. The quantitative estimate of drug-likeness (QED) is 0.798. The van der Waals surface area contributed by atoms with Crippen LogP contribution in [-0.4, -0.2) is 28.7 Å². The number of aromatic amines is 1. The molecular formula is C18H23N5O2. The summed E-state index contributed by atoms with van der Waals surface area (Å²) in [5.41, 5.74) is 4.59. The Morgan fingerprint density at radius 3 is 2.88 bits per heavy atom. The van der Waals surface area contributed by atoms with Crippen LogP contribution in [-0.2, 0) is 24.2 Å². The standard InChI is InChI=1S/C18H23N5O2/c1-3-14-10-16(22-21-14)11-19-18(25)20-15-6-7-17-13(9-15)5-4-8-23(17)12(2)24/h6-7,9-10H,3-5,8,11H2,1-2H3,(H,21,22)(H2,19,20,25). The summed E-state index contributed by atoms with van der Waals surface area (Å²) in [6, 6.07) is 7.33. The van der Waals surface area contributed by atoms with Crippen LogP contribution in [0.4, 0.5) is 16.2 Å². The molecule has 0 radical (unpaired) electrons. The van der Waals surface area contributed by atoms with Gasteiger partial charge in [-0.25, -0.2) is 4.79 Å². The number of amides is 3. The summed E-state index contributed by atoms with van der Waals surface area (Å²) < 4.78 is 0. The molecule has 0 aliphatic carbocycles. The van der Waals surface area contributed by atoms with Gasteiger partial charge in [-0.2, -0.15) is 5.10 Å². The van der Waals surface area contributed by atoms with Crippen molar-refractivity contribution in [1.29, 1.82) is 0 Å². The van der Waals surface area contributed by atoms with Crippen LogP contribution in [0.25, 0.3) is 0 Å². The zero-order valence-electron chi connectivity index (χ0n) is 14.6. The van der Waals surface area contributed by atoms with Crippen molar-refractivity contribution in [2.45, 2.75) is 39.7 Å². The van der Waals surface area contributed by atoms with E-state index in [0.717, 1.165) is 54.1 Å². The molecule has 3 amide bonds. The minimum absolute atomic E-state index is 0.0467. The summed E-state index contributed by atoms with van der Waals surface area (Å²) in [6.45, 7) is 4.75. The molecule has 1 aliphatic rings. The Balaban J connectivity index is 1.61. The van der Waals surface area contributed by atoms with E-state index in [0.29, 0.717) is 6.54 Å². The highest BCUT2D eigenvalue weighted by molar-refractivity contribution is 5.94. The van der Waals surface area contributed by atoms with Crippen LogP contribution in [0.1, 0.15) is 37.2 Å². The van der Waals surface area contributed by atoms with Crippen molar-refractivity contribution >= 4 is 23.3 Å². The fraction of sp³-hybridized carbons (Fsp3) is 0.389. The van der Waals surface area contributed by atoms with E-state index in [1.165, 1.54) is 0 Å². The number of anilines is 2. The molecule has 1 aliphatic heterocycles. The van der Waals surface area contributed by atoms with Crippen LogP contribution in [0.2, 0.25) is 0 Å². The van der Waals surface area contributed by atoms with E-state index in [-0.39, 0.29) is 11.9 Å². The number of aromatic nitrogens is 2. The first-order valence-corrected chi connectivity index (χ1v) is 8.56. The van der Waals surface area contributed by atoms with Gasteiger partial charge in [0.05, 0.1) is 17.9 Å². The molecule has 0 atom stereocenters. The van der Waals surface area contributed by atoms with Crippen molar-refractivity contribution in [3.63, 3.8) is 0 Å². The smallest absolute Gasteiger partial charge is 0.319 e. The molecular weight excluding hydrogens is 318 g/mol. The van der Waals surface area contributed by atoms with Gasteiger partial charge in [-0.15, -0.1) is 0 Å². The highest BCUT2D eigenvalue weighted by Gasteiger charge is 2.20. The maximum absolute atomic E-state index is 12.1. The second kappa shape index (κ2) is 7.38. The number of urea groups is 1. The molecule has 3 rings (SSSR count). The lowest BCUT2D eigenvalue weighted by Gasteiger charge is -2.29. The molecule has 1 aromatic carbocycles. The van der Waals surface area contributed by atoms with E-state index in [2.05, 4.69) is 20.8 Å². The molecule has 0 bridgehead atoms. The Morgan fingerprint density at radius 2 is 2.16 bits per heavy atom. The first kappa shape index (κ1) is 17.0. The number of hydrogen-bond acceptors (Lipinski definition) is 3. The minimum Gasteiger partial charge on any atom is -0.332 e. The summed E-state index contributed by atoms with van der Waals surface area (Å²) in [6.07, 6.45) is 2.70. The number of rotatable bonds is 4. The monoisotopic (exact) mass is 341 g/mol. The van der Waals surface area contributed by atoms with Crippen LogP contribution in [0.15, 0.2) is 24.3 Å². The highest BCUT2D eigenvalue weighted by Crippen LogP contribution is 2.29. The van der Waals surface area contributed by atoms with Gasteiger partial charge in [0.2, 0.25) is 5.91 Å². The minimum atomic E-state index is -0.271. The zero-order chi connectivity index (χ0) is 17.8. The van der Waals surface area contributed by atoms with E-state index in [4.69, 9.17) is 0 Å². The summed E-state index contributed by atoms with van der Waals surface area (Å²) >= 11 is 0. The molecule has 0 spiro atoms. The Bertz CT molecular complexity index is 784. The molecule has 0 fully saturated rings. The van der Waals surface area contributed by atoms with Gasteiger partial charge in [0.1, 0.15) is 0 Å². The van der Waals surface area contributed by atoms with E-state index in [1.807, 2.05) is 31.2 Å². The lowest BCUT2D eigenvalue weighted by molar-refractivity contribution is -0.116. The lowest BCUT2D eigenvalue weighted by atomic mass is 10.0. The zero-order valence-corrected chi connectivity index (χ0v) is 14.6. The van der Waals surface area contributed by atoms with Crippen LogP contribution in [0.5, 0.6) is 0 Å². The summed E-state index contributed by atoms with van der Waals surface area (Å²) in [5.74, 6) is 0.0467. The maximum Gasteiger partial charge on any atom is 0.319 e. The van der Waals surface area contributed by atoms with Gasteiger partial charge in [-0.3, -0.25) is 9.89 Å². The molecule has 2 heterocycles. The van der Waals surface area contributed by atoms with Gasteiger partial charge < -0.3 is 15.5 Å². The fourth-order valence-corrected chi connectivity index (χ4v) is 3.03. The number of H-pyrrole nitrogens is 1. The Labute approximate surface area is 146 Å². The van der Waals surface area contributed by atoms with Crippen molar-refractivity contribution < 1.29 is 9.59 Å². The SMILES string of the molecule is CCc1cc(CNC(=O)Nc2ccc3c(c2)CCCN3C(C)=O)[nH]n1. The van der Waals surface area contributed by atoms with Gasteiger partial charge in [0.15, 0.2) is 0 Å². The third kappa shape index (κ3) is 3.99. The Morgan fingerprint density at radius 1 is 1.32 bits per heavy atom. The number of benzene rings is 1. The van der Waals surface area contributed by atoms with Crippen LogP contribution in [0.3, 0.4) is 0 Å². The largest absolute Gasteiger partial charge is 0.332 e. The molecule has 7 nitrogen and oxygen atoms in total. The van der Waals surface area contributed by atoms with Crippen molar-refractivity contribution in [3.05, 3.63) is 41.2 Å². The molecule has 1 aromatic heterocycles. The number of nitrogens with one attached hydrogen (secondary N) is 3. The second-order valence-electron chi connectivity index (χ2n) is 6.16. The van der Waals surface area contributed by atoms with Gasteiger partial charge >= 0.3 is 6.03 Å². The Hall–Kier alpha value is -2.83. The third-order valence-corrected chi connectivity index (χ3v) is 4.32. The number of fused-ring (bicyclic) bond motifs is 1. The van der Waals surface area contributed by atoms with Crippen molar-refractivity contribution in [1.82, 2.24) is 15.5 Å². The number of carbonyl (C=O) groups excluding carboxylic acids is 2. The predicted molar refractivity (Wildman–Crippen MR) is 96.6 cm³/mol. The van der Waals surface area contributed by atoms with Gasteiger partial charge in [0, 0.05) is 24.8 Å². The fourth-order valence-electron chi connectivity index (χ4n) is 3.03. The lowest BCUT2D eigenvalue weighted by Crippen LogP contribution is -2.33. The van der Waals surface area contributed by atoms with Crippen molar-refractivity contribution in [2.24, 2.45) is 0 Å². The second-order valence-corrected chi connectivity index (χ2v) is 6.16. The van der Waals surface area contributed by atoms with Gasteiger partial charge in [-0.05, 0) is 49.1 Å². The summed E-state index contributed by atoms with van der Waals surface area (Å²) in [7, 11) is 0. The highest BCUT2D eigenvalue weighted by atomic mass is 16.2. The van der Waals surface area contributed by atoms with Gasteiger partial charge in [0.25, 0.3) is 0 Å². The van der Waals surface area contributed by atoms with Crippen molar-refractivity contribution in [2.75, 3.05) is 16.8 Å². The average molecular weight is 341 g/mol. The number of aryl methyl sites for hydroxylation is 2. The van der Waals surface area contributed by atoms with E-state index in [1.54, 1.807) is 11.8 Å². The molecule has 0 saturated carbocycles. The van der Waals surface area contributed by atoms with Crippen LogP contribution >= 0.6 is 0 Å². The average Bonchev–Trinajstić information content (AvgIpc) is 3.07. The van der Waals surface area contributed by atoms with Crippen LogP contribution < -0.4 is 15.5 Å². The maximum atomic E-state index is 12.1. The molecule has 132 valence electrons. The predicted octanol–water partition coefficient (Wildman–Crippen LogP) is 2.59. The molecule has 25 heavy (non-hydrogen) atoms. The van der Waals surface area contributed by atoms with Crippen molar-refractivity contribution in [3.8, 4) is 0 Å². The van der Waals surface area contributed by atoms with E-state index < -0.39 is 0 Å². The number of carbonyl (C=O) groups is 2. The molecule has 2 aromatic rings. The van der Waals surface area contributed by atoms with E-state index >= 15 is 0 Å². The number of hydrogen-bond donors (Lipinski definition) is 3. The van der Waals surface area contributed by atoms with Gasteiger partial charge in [-0.1, -0.05) is 6.92 Å². The topological polar surface area (TPSA) is 90.1 Å². The summed E-state index contributed by atoms with van der Waals surface area (Å²) in [5, 5.41) is 12.7. The third-order valence-electron chi connectivity index (χ3n) is 4.32. The molecule has 7 heteroatoms. The Kier molecular flexibility index (Phi) is 5.02. The summed E-state index contributed by atoms with van der Waals surface area (Å²) in [4.78, 5) is 25.6. The molecule has 3 N–H and O–H groups in total. The van der Waals surface area contributed by atoms with E-state index in [9.17, 15) is 9.59 Å². The van der Waals surface area contributed by atoms with Crippen LogP contribution in [0, 0.1) is 0 Å². The molecule has 0 saturated heterocycles. The molecule has 0 unspecified atom stereocenters. The first-order chi connectivity index (χ1) is 12.1.